The minimum absolute atomic E-state index is 0.449. The highest BCUT2D eigenvalue weighted by molar-refractivity contribution is 7.99. The Morgan fingerprint density at radius 2 is 1.48 bits per heavy atom. The van der Waals surface area contributed by atoms with Crippen LogP contribution in [0.2, 0.25) is 10.0 Å². The molecule has 0 radical (unpaired) electrons. The lowest BCUT2D eigenvalue weighted by atomic mass is 10.3. The molecule has 0 amide bonds. The van der Waals surface area contributed by atoms with Gasteiger partial charge < -0.3 is 10.6 Å². The molecule has 3 aromatic rings. The summed E-state index contributed by atoms with van der Waals surface area (Å²) in [6, 6.07) is 23.4. The molecule has 0 aromatic heterocycles. The molecule has 0 spiro atoms. The second kappa shape index (κ2) is 8.59. The van der Waals surface area contributed by atoms with Gasteiger partial charge in [0.25, 0.3) is 0 Å². The van der Waals surface area contributed by atoms with Gasteiger partial charge in [-0.1, -0.05) is 65.3 Å². The monoisotopic (exact) mass is 404 g/mol. The summed E-state index contributed by atoms with van der Waals surface area (Å²) < 4.78 is 0. The Balaban J connectivity index is 1.74. The number of halogens is 2. The lowest BCUT2D eigenvalue weighted by Gasteiger charge is -2.14. The van der Waals surface area contributed by atoms with Gasteiger partial charge in [-0.15, -0.1) is 0 Å². The standard InChI is InChI=1S/C19H14Cl2N2S2/c20-13-10-11-15(21)17(12-13)23-19(24)22-16-8-4-5-9-18(16)25-14-6-2-1-3-7-14/h1-12H,(H2,22,23,24). The van der Waals surface area contributed by atoms with Gasteiger partial charge in [-0.2, -0.15) is 0 Å². The zero-order chi connectivity index (χ0) is 17.6. The summed E-state index contributed by atoms with van der Waals surface area (Å²) in [4.78, 5) is 2.24. The fourth-order valence-electron chi connectivity index (χ4n) is 2.14. The van der Waals surface area contributed by atoms with Crippen LogP contribution in [0, 0.1) is 0 Å². The highest BCUT2D eigenvalue weighted by atomic mass is 35.5. The average molecular weight is 405 g/mol. The van der Waals surface area contributed by atoms with Crippen molar-refractivity contribution in [3.63, 3.8) is 0 Å². The molecule has 0 aliphatic rings. The Morgan fingerprint density at radius 3 is 2.28 bits per heavy atom. The number of hydrogen-bond acceptors (Lipinski definition) is 2. The lowest BCUT2D eigenvalue weighted by molar-refractivity contribution is 1.40. The van der Waals surface area contributed by atoms with Crippen molar-refractivity contribution in [1.29, 1.82) is 0 Å². The number of nitrogens with one attached hydrogen (secondary N) is 2. The van der Waals surface area contributed by atoms with Gasteiger partial charge in [0.1, 0.15) is 0 Å². The van der Waals surface area contributed by atoms with E-state index in [1.807, 2.05) is 36.4 Å². The van der Waals surface area contributed by atoms with Crippen molar-refractivity contribution in [2.75, 3.05) is 10.6 Å². The molecule has 0 saturated carbocycles. The third-order valence-corrected chi connectivity index (χ3v) is 5.14. The van der Waals surface area contributed by atoms with Crippen LogP contribution in [0.4, 0.5) is 11.4 Å². The summed E-state index contributed by atoms with van der Waals surface area (Å²) in [5.74, 6) is 0. The van der Waals surface area contributed by atoms with E-state index in [0.717, 1.165) is 15.5 Å². The van der Waals surface area contributed by atoms with Crippen LogP contribution in [-0.2, 0) is 0 Å². The molecule has 2 N–H and O–H groups in total. The van der Waals surface area contributed by atoms with Crippen LogP contribution in [0.5, 0.6) is 0 Å². The summed E-state index contributed by atoms with van der Waals surface area (Å²) in [5, 5.41) is 7.91. The summed E-state index contributed by atoms with van der Waals surface area (Å²) in [7, 11) is 0. The van der Waals surface area contributed by atoms with Gasteiger partial charge in [0.15, 0.2) is 5.11 Å². The number of anilines is 2. The van der Waals surface area contributed by atoms with E-state index in [9.17, 15) is 0 Å². The van der Waals surface area contributed by atoms with E-state index in [0.29, 0.717) is 20.8 Å². The summed E-state index contributed by atoms with van der Waals surface area (Å²) >= 11 is 19.3. The largest absolute Gasteiger partial charge is 0.332 e. The van der Waals surface area contributed by atoms with E-state index in [-0.39, 0.29) is 0 Å². The van der Waals surface area contributed by atoms with Crippen LogP contribution in [0.1, 0.15) is 0 Å². The SMILES string of the molecule is S=C(Nc1cc(Cl)ccc1Cl)Nc1ccccc1Sc1ccccc1. The molecule has 0 bridgehead atoms. The zero-order valence-corrected chi connectivity index (χ0v) is 16.1. The maximum atomic E-state index is 6.17. The molecule has 6 heteroatoms. The van der Waals surface area contributed by atoms with Gasteiger partial charge in [0, 0.05) is 14.8 Å². The van der Waals surface area contributed by atoms with Crippen molar-refractivity contribution in [3.8, 4) is 0 Å². The minimum Gasteiger partial charge on any atom is -0.332 e. The maximum absolute atomic E-state index is 6.17. The first-order chi connectivity index (χ1) is 12.1. The Hall–Kier alpha value is -1.72. The highest BCUT2D eigenvalue weighted by Crippen LogP contribution is 2.33. The summed E-state index contributed by atoms with van der Waals surface area (Å²) in [6.45, 7) is 0. The predicted octanol–water partition coefficient (Wildman–Crippen LogP) is 6.95. The van der Waals surface area contributed by atoms with E-state index >= 15 is 0 Å². The van der Waals surface area contributed by atoms with Gasteiger partial charge in [-0.3, -0.25) is 0 Å². The molecule has 2 nitrogen and oxygen atoms in total. The van der Waals surface area contributed by atoms with Crippen molar-refractivity contribution in [2.24, 2.45) is 0 Å². The quantitative estimate of drug-likeness (QED) is 0.459. The first-order valence-corrected chi connectivity index (χ1v) is 9.45. The molecule has 0 fully saturated rings. The van der Waals surface area contributed by atoms with Crippen LogP contribution in [0.15, 0.2) is 82.6 Å². The van der Waals surface area contributed by atoms with Gasteiger partial charge in [0.05, 0.1) is 16.4 Å². The average Bonchev–Trinajstić information content (AvgIpc) is 2.61. The van der Waals surface area contributed by atoms with Crippen molar-refractivity contribution in [2.45, 2.75) is 9.79 Å². The first kappa shape index (κ1) is 18.1. The fraction of sp³-hybridized carbons (Fsp3) is 0. The topological polar surface area (TPSA) is 24.1 Å². The lowest BCUT2D eigenvalue weighted by Crippen LogP contribution is -2.19. The van der Waals surface area contributed by atoms with E-state index in [4.69, 9.17) is 35.4 Å². The van der Waals surface area contributed by atoms with Crippen LogP contribution in [0.3, 0.4) is 0 Å². The van der Waals surface area contributed by atoms with Crippen molar-refractivity contribution in [3.05, 3.63) is 82.8 Å². The number of thiocarbonyl (C=S) groups is 1. The summed E-state index contributed by atoms with van der Waals surface area (Å²) in [5.41, 5.74) is 1.59. The predicted molar refractivity (Wildman–Crippen MR) is 113 cm³/mol. The summed E-state index contributed by atoms with van der Waals surface area (Å²) in [6.07, 6.45) is 0. The third kappa shape index (κ3) is 5.13. The molecule has 0 saturated heterocycles. The molecule has 0 unspecified atom stereocenters. The fourth-order valence-corrected chi connectivity index (χ4v) is 3.62. The number of benzene rings is 3. The molecule has 0 heterocycles. The first-order valence-electron chi connectivity index (χ1n) is 7.47. The number of para-hydroxylation sites is 1. The highest BCUT2D eigenvalue weighted by Gasteiger charge is 2.08. The zero-order valence-electron chi connectivity index (χ0n) is 13.0. The van der Waals surface area contributed by atoms with E-state index < -0.39 is 0 Å². The normalized spacial score (nSPS) is 10.3. The molecule has 25 heavy (non-hydrogen) atoms. The van der Waals surface area contributed by atoms with E-state index in [1.54, 1.807) is 30.0 Å². The second-order valence-corrected chi connectivity index (χ2v) is 7.48. The van der Waals surface area contributed by atoms with Crippen molar-refractivity contribution in [1.82, 2.24) is 0 Å². The Labute approximate surface area is 166 Å². The smallest absolute Gasteiger partial charge is 0.175 e. The van der Waals surface area contributed by atoms with Crippen LogP contribution in [0.25, 0.3) is 0 Å². The Bertz CT molecular complexity index is 886. The second-order valence-electron chi connectivity index (χ2n) is 5.11. The molecule has 0 aliphatic carbocycles. The number of rotatable bonds is 4. The van der Waals surface area contributed by atoms with Gasteiger partial charge >= 0.3 is 0 Å². The third-order valence-electron chi connectivity index (χ3n) is 3.28. The van der Waals surface area contributed by atoms with E-state index in [1.165, 1.54) is 0 Å². The Morgan fingerprint density at radius 1 is 0.800 bits per heavy atom. The molecular formula is C19H14Cl2N2S2. The molecule has 3 rings (SSSR count). The van der Waals surface area contributed by atoms with Gasteiger partial charge in [0.2, 0.25) is 0 Å². The number of hydrogen-bond donors (Lipinski definition) is 2. The van der Waals surface area contributed by atoms with Gasteiger partial charge in [-0.25, -0.2) is 0 Å². The van der Waals surface area contributed by atoms with Crippen molar-refractivity contribution < 1.29 is 0 Å². The molecular weight excluding hydrogens is 391 g/mol. The molecule has 0 aliphatic heterocycles. The van der Waals surface area contributed by atoms with E-state index in [2.05, 4.69) is 28.8 Å². The minimum atomic E-state index is 0.449. The molecule has 0 atom stereocenters. The molecule has 3 aromatic carbocycles. The van der Waals surface area contributed by atoms with Gasteiger partial charge in [-0.05, 0) is 54.7 Å². The maximum Gasteiger partial charge on any atom is 0.175 e. The van der Waals surface area contributed by atoms with Crippen LogP contribution >= 0.6 is 47.2 Å². The Kier molecular flexibility index (Phi) is 6.21. The van der Waals surface area contributed by atoms with Crippen molar-refractivity contribution >= 4 is 63.7 Å². The van der Waals surface area contributed by atoms with Crippen LogP contribution < -0.4 is 10.6 Å². The molecule has 126 valence electrons. The van der Waals surface area contributed by atoms with Crippen LogP contribution in [-0.4, -0.2) is 5.11 Å².